The molecule has 0 saturated carbocycles. The summed E-state index contributed by atoms with van der Waals surface area (Å²) in [4.78, 5) is 55.5. The standard InChI is InChI=1S/C17H20N6O3S.C17H18N6O2S/c1-2-7-27(20,26)17-21-14(18)12-8-13(24)23(16(12)22-17)9-10-3-5-11(6-4-10)15(19)25;1-2-7-26(20,25)17-21-15(19)13-8-14(24)23(16(13)22-17)10-12-5-3-11(9-18)4-6-12/h3-6,20H,2,7-9H2,1H3,(H2,19,25)(H2,18,21,22);3-6,20H,2,7-8,10H2,1H3,(H2,19,21,22). The van der Waals surface area contributed by atoms with Crippen LogP contribution in [-0.2, 0) is 55.0 Å². The van der Waals surface area contributed by atoms with Gasteiger partial charge in [-0.2, -0.15) is 5.26 Å². The van der Waals surface area contributed by atoms with Gasteiger partial charge >= 0.3 is 0 Å². The minimum absolute atomic E-state index is 0.0494. The van der Waals surface area contributed by atoms with Crippen LogP contribution in [0.1, 0.15) is 64.9 Å². The Kier molecular flexibility index (Phi) is 11.0. The molecule has 6 rings (SSSR count). The van der Waals surface area contributed by atoms with Crippen molar-refractivity contribution in [2.45, 2.75) is 62.9 Å². The van der Waals surface area contributed by atoms with Crippen LogP contribution in [0.2, 0.25) is 0 Å². The molecule has 2 aliphatic heterocycles. The lowest BCUT2D eigenvalue weighted by molar-refractivity contribution is -0.118. The number of carbonyl (C=O) groups is 3. The third-order valence-electron chi connectivity index (χ3n) is 8.34. The highest BCUT2D eigenvalue weighted by Gasteiger charge is 2.34. The van der Waals surface area contributed by atoms with Crippen LogP contribution in [0.3, 0.4) is 0 Å². The molecule has 17 nitrogen and oxygen atoms in total. The van der Waals surface area contributed by atoms with E-state index in [1.807, 2.05) is 19.9 Å². The summed E-state index contributed by atoms with van der Waals surface area (Å²) in [6, 6.07) is 15.5. The highest BCUT2D eigenvalue weighted by atomic mass is 32.2. The van der Waals surface area contributed by atoms with Gasteiger partial charge in [0, 0.05) is 28.2 Å². The molecule has 2 aromatic carbocycles. The van der Waals surface area contributed by atoms with E-state index in [-0.39, 0.29) is 77.0 Å². The number of nitrogens with one attached hydrogen (secondary N) is 2. The number of nitrogens with zero attached hydrogens (tertiary/aromatic N) is 7. The first-order valence-electron chi connectivity index (χ1n) is 16.4. The van der Waals surface area contributed by atoms with Crippen molar-refractivity contribution in [2.24, 2.45) is 5.73 Å². The lowest BCUT2D eigenvalue weighted by atomic mass is 10.1. The fourth-order valence-electron chi connectivity index (χ4n) is 5.65. The fraction of sp³-hybridized carbons (Fsp3) is 0.294. The summed E-state index contributed by atoms with van der Waals surface area (Å²) in [5.74, 6) is 0.0972. The van der Waals surface area contributed by atoms with Gasteiger partial charge in [-0.25, -0.2) is 37.9 Å². The number of fused-ring (bicyclic) bond motifs is 2. The smallest absolute Gasteiger partial charge is 0.248 e. The predicted molar refractivity (Wildman–Crippen MR) is 197 cm³/mol. The van der Waals surface area contributed by atoms with Crippen molar-refractivity contribution in [2.75, 3.05) is 32.8 Å². The second-order valence-electron chi connectivity index (χ2n) is 12.3. The molecule has 2 aromatic heterocycles. The fourth-order valence-corrected chi connectivity index (χ4v) is 8.13. The molecule has 0 bridgehead atoms. The molecule has 2 unspecified atom stereocenters. The Morgan fingerprint density at radius 2 is 1.15 bits per heavy atom. The molecule has 276 valence electrons. The van der Waals surface area contributed by atoms with Crippen molar-refractivity contribution < 1.29 is 22.8 Å². The number of rotatable bonds is 11. The molecule has 3 amide bonds. The molecule has 0 radical (unpaired) electrons. The van der Waals surface area contributed by atoms with E-state index in [0.717, 1.165) is 11.1 Å². The number of nitriles is 1. The quantitative estimate of drug-likeness (QED) is 0.138. The first kappa shape index (κ1) is 38.2. The van der Waals surface area contributed by atoms with E-state index in [1.54, 1.807) is 48.5 Å². The third kappa shape index (κ3) is 8.23. The molecular weight excluding hydrogens is 721 g/mol. The summed E-state index contributed by atoms with van der Waals surface area (Å²) in [6.45, 7) is 4.09. The predicted octanol–water partition coefficient (Wildman–Crippen LogP) is 2.90. The summed E-state index contributed by atoms with van der Waals surface area (Å²) < 4.78 is 41.1. The zero-order chi connectivity index (χ0) is 38.7. The van der Waals surface area contributed by atoms with Crippen molar-refractivity contribution in [3.63, 3.8) is 0 Å². The van der Waals surface area contributed by atoms with Gasteiger partial charge in [-0.1, -0.05) is 38.1 Å². The zero-order valence-corrected chi connectivity index (χ0v) is 30.6. The van der Waals surface area contributed by atoms with E-state index in [2.05, 4.69) is 19.9 Å². The largest absolute Gasteiger partial charge is 0.383 e. The zero-order valence-electron chi connectivity index (χ0n) is 29.0. The summed E-state index contributed by atoms with van der Waals surface area (Å²) in [6.07, 6.45) is 1.21. The van der Waals surface area contributed by atoms with Gasteiger partial charge in [0.1, 0.15) is 42.7 Å². The highest BCUT2D eigenvalue weighted by Crippen LogP contribution is 2.34. The molecular formula is C34H38N12O5S2. The van der Waals surface area contributed by atoms with E-state index >= 15 is 0 Å². The Bertz CT molecular complexity index is 2360. The van der Waals surface area contributed by atoms with Gasteiger partial charge < -0.3 is 17.2 Å². The van der Waals surface area contributed by atoms with Gasteiger partial charge in [0.25, 0.3) is 0 Å². The van der Waals surface area contributed by atoms with Gasteiger partial charge in [0.2, 0.25) is 28.0 Å². The minimum Gasteiger partial charge on any atom is -0.383 e. The van der Waals surface area contributed by atoms with E-state index in [0.29, 0.717) is 40.9 Å². The lowest BCUT2D eigenvalue weighted by Gasteiger charge is -2.18. The average molecular weight is 759 g/mol. The Morgan fingerprint density at radius 3 is 1.51 bits per heavy atom. The number of nitrogens with two attached hydrogens (primary N) is 3. The highest BCUT2D eigenvalue weighted by molar-refractivity contribution is 7.92. The molecule has 0 saturated heterocycles. The maximum Gasteiger partial charge on any atom is 0.248 e. The van der Waals surface area contributed by atoms with Gasteiger partial charge in [-0.3, -0.25) is 24.2 Å². The topological polar surface area (TPSA) is 293 Å². The summed E-state index contributed by atoms with van der Waals surface area (Å²) >= 11 is 0. The SMILES string of the molecule is CCCS(=N)(=O)c1nc(N)c2c(n1)N(Cc1ccc(C#N)cc1)C(=O)C2.CCCS(=N)(=O)c1nc(N)c2c(n1)N(Cc1ccc(C(N)=O)cc1)C(=O)C2. The normalized spacial score (nSPS) is 15.4. The van der Waals surface area contributed by atoms with E-state index in [4.69, 9.17) is 32.0 Å². The Labute approximate surface area is 306 Å². The first-order valence-corrected chi connectivity index (χ1v) is 19.9. The van der Waals surface area contributed by atoms with Gasteiger partial charge in [-0.15, -0.1) is 0 Å². The summed E-state index contributed by atoms with van der Waals surface area (Å²) in [5.41, 5.74) is 20.6. The Morgan fingerprint density at radius 1 is 0.755 bits per heavy atom. The number of anilines is 4. The molecule has 2 aliphatic rings. The van der Waals surface area contributed by atoms with Crippen LogP contribution in [0.15, 0.2) is 58.8 Å². The first-order chi connectivity index (χ1) is 25.1. The Hall–Kier alpha value is -6.00. The average Bonchev–Trinajstić information content (AvgIpc) is 3.61. The van der Waals surface area contributed by atoms with Crippen LogP contribution in [0.4, 0.5) is 23.3 Å². The van der Waals surface area contributed by atoms with Crippen LogP contribution >= 0.6 is 0 Å². The second-order valence-corrected chi connectivity index (χ2v) is 16.6. The van der Waals surface area contributed by atoms with Crippen molar-refractivity contribution in [3.05, 3.63) is 81.9 Å². The van der Waals surface area contributed by atoms with Crippen molar-refractivity contribution in [1.82, 2.24) is 19.9 Å². The molecule has 0 aliphatic carbocycles. The van der Waals surface area contributed by atoms with Crippen molar-refractivity contribution in [3.8, 4) is 6.07 Å². The van der Waals surface area contributed by atoms with Crippen LogP contribution < -0.4 is 27.0 Å². The Balaban J connectivity index is 0.000000204. The molecule has 2 atom stereocenters. The number of carbonyl (C=O) groups excluding carboxylic acids is 3. The summed E-state index contributed by atoms with van der Waals surface area (Å²) in [7, 11) is -6.33. The minimum atomic E-state index is -3.17. The molecule has 0 fully saturated rings. The van der Waals surface area contributed by atoms with E-state index in [1.165, 1.54) is 9.80 Å². The molecule has 4 heterocycles. The van der Waals surface area contributed by atoms with E-state index < -0.39 is 25.4 Å². The second kappa shape index (κ2) is 15.3. The van der Waals surface area contributed by atoms with Crippen LogP contribution in [0.25, 0.3) is 0 Å². The van der Waals surface area contributed by atoms with Gasteiger partial charge in [0.15, 0.2) is 0 Å². The molecule has 53 heavy (non-hydrogen) atoms. The van der Waals surface area contributed by atoms with Crippen molar-refractivity contribution in [1.29, 1.82) is 14.8 Å². The summed E-state index contributed by atoms with van der Waals surface area (Å²) in [5, 5.41) is 8.60. The van der Waals surface area contributed by atoms with Crippen LogP contribution in [0, 0.1) is 20.9 Å². The number of nitrogen functional groups attached to an aromatic ring is 2. The number of hydrogen-bond acceptors (Lipinski definition) is 14. The van der Waals surface area contributed by atoms with Gasteiger partial charge in [0.05, 0.1) is 37.6 Å². The number of aromatic nitrogens is 4. The molecule has 19 heteroatoms. The third-order valence-corrected chi connectivity index (χ3v) is 11.8. The number of amides is 3. The number of hydrogen-bond donors (Lipinski definition) is 5. The molecule has 8 N–H and O–H groups in total. The van der Waals surface area contributed by atoms with E-state index in [9.17, 15) is 22.8 Å². The number of benzene rings is 2. The maximum atomic E-state index is 12.5. The monoisotopic (exact) mass is 758 g/mol. The van der Waals surface area contributed by atoms with Crippen LogP contribution in [-0.4, -0.2) is 57.6 Å². The van der Waals surface area contributed by atoms with Crippen molar-refractivity contribution >= 4 is 60.5 Å². The maximum absolute atomic E-state index is 12.5. The lowest BCUT2D eigenvalue weighted by Crippen LogP contribution is -2.27. The van der Waals surface area contributed by atoms with Crippen LogP contribution in [0.5, 0.6) is 0 Å². The molecule has 4 aromatic rings. The number of primary amides is 1. The molecule has 0 spiro atoms. The van der Waals surface area contributed by atoms with Gasteiger partial charge in [-0.05, 0) is 48.2 Å².